The molecule has 0 heteroatoms. The Balaban J connectivity index is 2.82. The van der Waals surface area contributed by atoms with Crippen molar-refractivity contribution in [3.63, 3.8) is 0 Å². The Bertz CT molecular complexity index is 269. The van der Waals surface area contributed by atoms with Gasteiger partial charge in [-0.2, -0.15) is 0 Å². The number of aryl methyl sites for hydroxylation is 1. The maximum absolute atomic E-state index is 3.07. The summed E-state index contributed by atoms with van der Waals surface area (Å²) in [5.41, 5.74) is 2.39. The van der Waals surface area contributed by atoms with Gasteiger partial charge in [0.25, 0.3) is 0 Å². The first-order valence-electron chi connectivity index (χ1n) is 3.88. The van der Waals surface area contributed by atoms with Gasteiger partial charge in [-0.05, 0) is 19.1 Å². The summed E-state index contributed by atoms with van der Waals surface area (Å²) in [4.78, 5) is 0. The minimum absolute atomic E-state index is 0.924. The Labute approximate surface area is 68.3 Å². The Morgan fingerprint density at radius 1 is 1.18 bits per heavy atom. The highest BCUT2D eigenvalue weighted by atomic mass is 13.9. The van der Waals surface area contributed by atoms with Crippen LogP contribution in [0.4, 0.5) is 0 Å². The van der Waals surface area contributed by atoms with Crippen molar-refractivity contribution in [1.82, 2.24) is 0 Å². The van der Waals surface area contributed by atoms with Crippen molar-refractivity contribution < 1.29 is 0 Å². The van der Waals surface area contributed by atoms with Crippen LogP contribution in [0.25, 0.3) is 0 Å². The summed E-state index contributed by atoms with van der Waals surface area (Å²) in [6.45, 7) is 4.14. The van der Waals surface area contributed by atoms with Crippen LogP contribution in [0, 0.1) is 18.8 Å². The first kappa shape index (κ1) is 7.88. The lowest BCUT2D eigenvalue weighted by Gasteiger charge is -1.90. The highest BCUT2D eigenvalue weighted by Gasteiger charge is 1.83. The summed E-state index contributed by atoms with van der Waals surface area (Å²) in [6.07, 6.45) is 0.924. The first-order valence-corrected chi connectivity index (χ1v) is 3.88. The third-order valence-electron chi connectivity index (χ3n) is 1.46. The van der Waals surface area contributed by atoms with Gasteiger partial charge in [0.05, 0.1) is 0 Å². The second-order valence-electron chi connectivity index (χ2n) is 2.52. The summed E-state index contributed by atoms with van der Waals surface area (Å²) >= 11 is 0. The number of hydrogen-bond donors (Lipinski definition) is 0. The summed E-state index contributed by atoms with van der Waals surface area (Å²) in [5.74, 6) is 6.11. The predicted octanol–water partition coefficient (Wildman–Crippen LogP) is 2.76. The number of rotatable bonds is 0. The Kier molecular flexibility index (Phi) is 2.74. The smallest absolute Gasteiger partial charge is 0.0245 e. The topological polar surface area (TPSA) is 0 Å². The Hall–Kier alpha value is -1.22. The van der Waals surface area contributed by atoms with Crippen LogP contribution in [-0.4, -0.2) is 0 Å². The molecule has 0 radical (unpaired) electrons. The second kappa shape index (κ2) is 3.83. The fourth-order valence-corrected chi connectivity index (χ4v) is 0.827. The molecule has 0 unspecified atom stereocenters. The maximum atomic E-state index is 3.07. The lowest BCUT2D eigenvalue weighted by molar-refractivity contribution is 1.28. The third-order valence-corrected chi connectivity index (χ3v) is 1.46. The molecule has 0 saturated heterocycles. The number of benzene rings is 1. The quantitative estimate of drug-likeness (QED) is 0.491. The average molecular weight is 144 g/mol. The average Bonchev–Trinajstić information content (AvgIpc) is 2.04. The van der Waals surface area contributed by atoms with Crippen LogP contribution in [0.5, 0.6) is 0 Å². The molecule has 0 fully saturated rings. The molecule has 1 aromatic carbocycles. The van der Waals surface area contributed by atoms with Gasteiger partial charge in [0.2, 0.25) is 0 Å². The molecule has 0 heterocycles. The van der Waals surface area contributed by atoms with Gasteiger partial charge >= 0.3 is 0 Å². The van der Waals surface area contributed by atoms with Gasteiger partial charge in [-0.25, -0.2) is 0 Å². The largest absolute Gasteiger partial charge is 0.0982 e. The van der Waals surface area contributed by atoms with Gasteiger partial charge in [0, 0.05) is 12.0 Å². The fraction of sp³-hybridized carbons (Fsp3) is 0.273. The highest BCUT2D eigenvalue weighted by Crippen LogP contribution is 2.00. The van der Waals surface area contributed by atoms with E-state index in [4.69, 9.17) is 0 Å². The van der Waals surface area contributed by atoms with Crippen molar-refractivity contribution >= 4 is 0 Å². The van der Waals surface area contributed by atoms with Crippen molar-refractivity contribution in [1.29, 1.82) is 0 Å². The van der Waals surface area contributed by atoms with Gasteiger partial charge in [-0.1, -0.05) is 36.5 Å². The molecular weight excluding hydrogens is 132 g/mol. The summed E-state index contributed by atoms with van der Waals surface area (Å²) in [5, 5.41) is 0. The molecule has 0 spiro atoms. The lowest BCUT2D eigenvalue weighted by Crippen LogP contribution is -1.74. The van der Waals surface area contributed by atoms with Gasteiger partial charge in [0.1, 0.15) is 0 Å². The molecule has 0 aromatic heterocycles. The van der Waals surface area contributed by atoms with Crippen LogP contribution < -0.4 is 0 Å². The van der Waals surface area contributed by atoms with Crippen molar-refractivity contribution in [3.05, 3.63) is 35.4 Å². The van der Waals surface area contributed by atoms with Crippen LogP contribution in [-0.2, 0) is 0 Å². The van der Waals surface area contributed by atoms with Crippen molar-refractivity contribution in [2.75, 3.05) is 0 Å². The molecule has 0 amide bonds. The SMILES string of the molecule is CCC#Cc1ccc(C)cc1. The van der Waals surface area contributed by atoms with E-state index in [1.807, 2.05) is 0 Å². The molecule has 56 valence electrons. The highest BCUT2D eigenvalue weighted by molar-refractivity contribution is 5.35. The van der Waals surface area contributed by atoms with Gasteiger partial charge < -0.3 is 0 Å². The summed E-state index contributed by atoms with van der Waals surface area (Å²) < 4.78 is 0. The van der Waals surface area contributed by atoms with Crippen LogP contribution in [0.2, 0.25) is 0 Å². The zero-order valence-corrected chi connectivity index (χ0v) is 7.02. The standard InChI is InChI=1S/C11H12/c1-3-4-5-11-8-6-10(2)7-9-11/h6-9H,3H2,1-2H3. The second-order valence-corrected chi connectivity index (χ2v) is 2.52. The molecule has 0 N–H and O–H groups in total. The van der Waals surface area contributed by atoms with Crippen LogP contribution >= 0.6 is 0 Å². The van der Waals surface area contributed by atoms with Gasteiger partial charge in [0.15, 0.2) is 0 Å². The van der Waals surface area contributed by atoms with E-state index >= 15 is 0 Å². The van der Waals surface area contributed by atoms with Crippen LogP contribution in [0.1, 0.15) is 24.5 Å². The monoisotopic (exact) mass is 144 g/mol. The summed E-state index contributed by atoms with van der Waals surface area (Å²) in [6, 6.07) is 8.27. The van der Waals surface area contributed by atoms with E-state index in [1.165, 1.54) is 5.56 Å². The van der Waals surface area contributed by atoms with E-state index in [9.17, 15) is 0 Å². The van der Waals surface area contributed by atoms with Crippen molar-refractivity contribution in [2.45, 2.75) is 20.3 Å². The molecule has 0 atom stereocenters. The summed E-state index contributed by atoms with van der Waals surface area (Å²) in [7, 11) is 0. The molecule has 1 aromatic rings. The molecule has 0 nitrogen and oxygen atoms in total. The predicted molar refractivity (Wildman–Crippen MR) is 48.3 cm³/mol. The maximum Gasteiger partial charge on any atom is 0.0245 e. The van der Waals surface area contributed by atoms with Crippen LogP contribution in [0.3, 0.4) is 0 Å². The van der Waals surface area contributed by atoms with E-state index in [-0.39, 0.29) is 0 Å². The normalized spacial score (nSPS) is 8.55. The van der Waals surface area contributed by atoms with E-state index < -0.39 is 0 Å². The molecule has 11 heavy (non-hydrogen) atoms. The lowest BCUT2D eigenvalue weighted by atomic mass is 10.1. The zero-order chi connectivity index (χ0) is 8.10. The molecular formula is C11H12. The van der Waals surface area contributed by atoms with E-state index in [2.05, 4.69) is 50.0 Å². The number of hydrogen-bond acceptors (Lipinski definition) is 0. The van der Waals surface area contributed by atoms with Gasteiger partial charge in [-0.15, -0.1) is 0 Å². The molecule has 0 aliphatic carbocycles. The first-order chi connectivity index (χ1) is 5.33. The Morgan fingerprint density at radius 3 is 2.36 bits per heavy atom. The zero-order valence-electron chi connectivity index (χ0n) is 7.02. The van der Waals surface area contributed by atoms with Crippen molar-refractivity contribution in [3.8, 4) is 11.8 Å². The third kappa shape index (κ3) is 2.47. The van der Waals surface area contributed by atoms with Gasteiger partial charge in [-0.3, -0.25) is 0 Å². The molecule has 0 saturated carbocycles. The van der Waals surface area contributed by atoms with Crippen LogP contribution in [0.15, 0.2) is 24.3 Å². The molecule has 0 bridgehead atoms. The molecule has 0 aliphatic heterocycles. The van der Waals surface area contributed by atoms with E-state index in [0.717, 1.165) is 12.0 Å². The van der Waals surface area contributed by atoms with E-state index in [0.29, 0.717) is 0 Å². The Morgan fingerprint density at radius 2 is 1.82 bits per heavy atom. The fourth-order valence-electron chi connectivity index (χ4n) is 0.827. The minimum atomic E-state index is 0.924. The molecule has 0 aliphatic rings. The molecule has 1 rings (SSSR count). The van der Waals surface area contributed by atoms with E-state index in [1.54, 1.807) is 0 Å². The minimum Gasteiger partial charge on any atom is -0.0982 e. The van der Waals surface area contributed by atoms with Crippen molar-refractivity contribution in [2.24, 2.45) is 0 Å².